The lowest BCUT2D eigenvalue weighted by molar-refractivity contribution is -0.128. The highest BCUT2D eigenvalue weighted by atomic mass is 35.5. The Morgan fingerprint density at radius 3 is 2.58 bits per heavy atom. The van der Waals surface area contributed by atoms with Gasteiger partial charge in [0.25, 0.3) is 5.92 Å². The van der Waals surface area contributed by atoms with Crippen molar-refractivity contribution in [3.8, 4) is 0 Å². The highest BCUT2D eigenvalue weighted by Crippen LogP contribution is 2.25. The van der Waals surface area contributed by atoms with E-state index in [1.807, 2.05) is 12.1 Å². The molecule has 0 radical (unpaired) electrons. The third-order valence-electron chi connectivity index (χ3n) is 4.19. The first-order valence-electron chi connectivity index (χ1n) is 7.72. The Balaban J connectivity index is 0.00000208. The highest BCUT2D eigenvalue weighted by Gasteiger charge is 2.42. The third-order valence-corrected chi connectivity index (χ3v) is 4.19. The fourth-order valence-corrected chi connectivity index (χ4v) is 2.92. The van der Waals surface area contributed by atoms with E-state index in [9.17, 15) is 18.4 Å². The van der Waals surface area contributed by atoms with Crippen LogP contribution in [0.1, 0.15) is 24.8 Å². The van der Waals surface area contributed by atoms with Crippen molar-refractivity contribution in [2.45, 2.75) is 37.8 Å². The lowest BCUT2D eigenvalue weighted by Gasteiger charge is -2.16. The maximum absolute atomic E-state index is 13.1. The fraction of sp³-hybridized carbons (Fsp3) is 0.500. The molecule has 3 rings (SSSR count). The van der Waals surface area contributed by atoms with Gasteiger partial charge < -0.3 is 10.2 Å². The molecule has 2 N–H and O–H groups in total. The predicted octanol–water partition coefficient (Wildman–Crippen LogP) is 2.17. The van der Waals surface area contributed by atoms with E-state index in [0.29, 0.717) is 18.7 Å². The summed E-state index contributed by atoms with van der Waals surface area (Å²) in [5.41, 5.74) is 1.53. The minimum Gasteiger partial charge on any atom is -0.338 e. The van der Waals surface area contributed by atoms with Crippen LogP contribution in [0.4, 0.5) is 14.5 Å². The Morgan fingerprint density at radius 2 is 2.04 bits per heavy atom. The quantitative estimate of drug-likeness (QED) is 0.866. The van der Waals surface area contributed by atoms with Crippen molar-refractivity contribution in [2.75, 3.05) is 18.4 Å². The Labute approximate surface area is 145 Å². The number of nitrogens with one attached hydrogen (secondary N) is 2. The Bertz CT molecular complexity index is 610. The summed E-state index contributed by atoms with van der Waals surface area (Å²) >= 11 is 0. The second-order valence-electron chi connectivity index (χ2n) is 6.10. The van der Waals surface area contributed by atoms with Crippen LogP contribution in [0.25, 0.3) is 0 Å². The van der Waals surface area contributed by atoms with E-state index in [0.717, 1.165) is 18.5 Å². The van der Waals surface area contributed by atoms with Crippen LogP contribution in [0, 0.1) is 0 Å². The standard InChI is InChI=1S/C16H19F2N3O2.ClH/c17-16(18)8-13(19-10-16)15(23)20-12-5-3-11(4-6-12)9-21-7-1-2-14(21)22;/h3-6,13,19H,1-2,7-10H2,(H,20,23);1H. The van der Waals surface area contributed by atoms with Crippen molar-refractivity contribution in [2.24, 2.45) is 0 Å². The number of hydrogen-bond acceptors (Lipinski definition) is 3. The molecular weight excluding hydrogens is 340 g/mol. The number of halogens is 3. The van der Waals surface area contributed by atoms with Crippen molar-refractivity contribution in [1.82, 2.24) is 10.2 Å². The number of amides is 2. The minimum absolute atomic E-state index is 0. The van der Waals surface area contributed by atoms with Gasteiger partial charge >= 0.3 is 0 Å². The van der Waals surface area contributed by atoms with Gasteiger partial charge in [-0.2, -0.15) is 0 Å². The average Bonchev–Trinajstić information content (AvgIpc) is 3.07. The van der Waals surface area contributed by atoms with Crippen LogP contribution in [0.3, 0.4) is 0 Å². The molecule has 0 bridgehead atoms. The van der Waals surface area contributed by atoms with E-state index in [2.05, 4.69) is 10.6 Å². The summed E-state index contributed by atoms with van der Waals surface area (Å²) in [7, 11) is 0. The van der Waals surface area contributed by atoms with E-state index >= 15 is 0 Å². The number of anilines is 1. The Morgan fingerprint density at radius 1 is 1.33 bits per heavy atom. The summed E-state index contributed by atoms with van der Waals surface area (Å²) in [6.45, 7) is 0.871. The molecule has 24 heavy (non-hydrogen) atoms. The zero-order chi connectivity index (χ0) is 16.4. The summed E-state index contributed by atoms with van der Waals surface area (Å²) in [4.78, 5) is 25.3. The molecule has 0 aromatic heterocycles. The normalized spacial score (nSPS) is 22.3. The highest BCUT2D eigenvalue weighted by molar-refractivity contribution is 5.95. The molecule has 8 heteroatoms. The van der Waals surface area contributed by atoms with E-state index in [-0.39, 0.29) is 18.3 Å². The Kier molecular flexibility index (Phi) is 5.77. The minimum atomic E-state index is -2.83. The second kappa shape index (κ2) is 7.44. The second-order valence-corrected chi connectivity index (χ2v) is 6.10. The molecule has 1 aromatic rings. The Hall–Kier alpha value is -1.73. The number of alkyl halides is 2. The zero-order valence-corrected chi connectivity index (χ0v) is 13.9. The maximum atomic E-state index is 13.1. The van der Waals surface area contributed by atoms with Crippen LogP contribution in [0.5, 0.6) is 0 Å². The number of carbonyl (C=O) groups excluding carboxylic acids is 2. The van der Waals surface area contributed by atoms with Crippen molar-refractivity contribution in [3.05, 3.63) is 29.8 Å². The maximum Gasteiger partial charge on any atom is 0.262 e. The van der Waals surface area contributed by atoms with Crippen molar-refractivity contribution in [3.63, 3.8) is 0 Å². The molecule has 1 aromatic carbocycles. The van der Waals surface area contributed by atoms with Gasteiger partial charge in [-0.3, -0.25) is 14.9 Å². The first-order valence-corrected chi connectivity index (χ1v) is 7.72. The number of benzene rings is 1. The van der Waals surface area contributed by atoms with E-state index in [1.54, 1.807) is 17.0 Å². The number of hydrogen-bond donors (Lipinski definition) is 2. The van der Waals surface area contributed by atoms with Gasteiger partial charge in [-0.15, -0.1) is 12.4 Å². The van der Waals surface area contributed by atoms with Gasteiger partial charge in [0.2, 0.25) is 11.8 Å². The van der Waals surface area contributed by atoms with E-state index in [4.69, 9.17) is 0 Å². The lowest BCUT2D eigenvalue weighted by Crippen LogP contribution is -2.35. The topological polar surface area (TPSA) is 61.4 Å². The van der Waals surface area contributed by atoms with Crippen LogP contribution in [0.15, 0.2) is 24.3 Å². The molecule has 0 saturated carbocycles. The van der Waals surface area contributed by atoms with E-state index < -0.39 is 30.8 Å². The van der Waals surface area contributed by atoms with Gasteiger partial charge in [-0.25, -0.2) is 8.78 Å². The molecule has 2 saturated heterocycles. The van der Waals surface area contributed by atoms with Crippen LogP contribution < -0.4 is 10.6 Å². The molecule has 1 unspecified atom stereocenters. The van der Waals surface area contributed by atoms with Crippen LogP contribution in [-0.2, 0) is 16.1 Å². The molecule has 0 spiro atoms. The summed E-state index contributed by atoms with van der Waals surface area (Å²) < 4.78 is 26.2. The summed E-state index contributed by atoms with van der Waals surface area (Å²) in [6.07, 6.45) is 1.02. The van der Waals surface area contributed by atoms with Gasteiger partial charge in [-0.05, 0) is 24.1 Å². The van der Waals surface area contributed by atoms with Crippen LogP contribution in [-0.4, -0.2) is 41.8 Å². The number of nitrogens with zero attached hydrogens (tertiary/aromatic N) is 1. The number of carbonyl (C=O) groups is 2. The van der Waals surface area contributed by atoms with Crippen molar-refractivity contribution < 1.29 is 18.4 Å². The number of likely N-dealkylation sites (tertiary alicyclic amines) is 1. The number of rotatable bonds is 4. The van der Waals surface area contributed by atoms with Gasteiger partial charge in [0.15, 0.2) is 0 Å². The zero-order valence-electron chi connectivity index (χ0n) is 13.1. The average molecular weight is 360 g/mol. The molecular formula is C16H20ClF2N3O2. The lowest BCUT2D eigenvalue weighted by atomic mass is 10.1. The van der Waals surface area contributed by atoms with Gasteiger partial charge in [0, 0.05) is 31.6 Å². The van der Waals surface area contributed by atoms with Gasteiger partial charge in [0.1, 0.15) is 0 Å². The van der Waals surface area contributed by atoms with Gasteiger partial charge in [0.05, 0.1) is 12.6 Å². The molecule has 2 heterocycles. The molecule has 2 aliphatic rings. The van der Waals surface area contributed by atoms with Crippen LogP contribution in [0.2, 0.25) is 0 Å². The summed E-state index contributed by atoms with van der Waals surface area (Å²) in [5.74, 6) is -3.12. The molecule has 132 valence electrons. The summed E-state index contributed by atoms with van der Waals surface area (Å²) in [6, 6.07) is 6.24. The molecule has 1 atom stereocenters. The van der Waals surface area contributed by atoms with Crippen molar-refractivity contribution >= 4 is 29.9 Å². The summed E-state index contributed by atoms with van der Waals surface area (Å²) in [5, 5.41) is 5.16. The van der Waals surface area contributed by atoms with Crippen LogP contribution >= 0.6 is 12.4 Å². The molecule has 2 aliphatic heterocycles. The SMILES string of the molecule is Cl.O=C(Nc1ccc(CN2CCCC2=O)cc1)C1CC(F)(F)CN1. The molecule has 2 amide bonds. The molecule has 2 fully saturated rings. The predicted molar refractivity (Wildman–Crippen MR) is 88.3 cm³/mol. The first kappa shape index (κ1) is 18.6. The first-order chi connectivity index (χ1) is 10.9. The largest absolute Gasteiger partial charge is 0.338 e. The fourth-order valence-electron chi connectivity index (χ4n) is 2.92. The van der Waals surface area contributed by atoms with E-state index in [1.165, 1.54) is 0 Å². The third kappa shape index (κ3) is 4.42. The van der Waals surface area contributed by atoms with Crippen molar-refractivity contribution in [1.29, 1.82) is 0 Å². The smallest absolute Gasteiger partial charge is 0.262 e. The molecule has 5 nitrogen and oxygen atoms in total. The monoisotopic (exact) mass is 359 g/mol. The molecule has 0 aliphatic carbocycles. The van der Waals surface area contributed by atoms with Gasteiger partial charge in [-0.1, -0.05) is 12.1 Å².